The highest BCUT2D eigenvalue weighted by molar-refractivity contribution is 6.03. The molecule has 0 aliphatic rings. The van der Waals surface area contributed by atoms with Crippen molar-refractivity contribution in [2.24, 2.45) is 0 Å². The minimum atomic E-state index is -0.854. The Morgan fingerprint density at radius 1 is 1.04 bits per heavy atom. The van der Waals surface area contributed by atoms with Crippen LogP contribution in [0, 0.1) is 18.6 Å². The molecule has 0 unspecified atom stereocenters. The highest BCUT2D eigenvalue weighted by atomic mass is 19.2. The van der Waals surface area contributed by atoms with E-state index < -0.39 is 11.6 Å². The standard InChI is InChI=1S/C19H18F2N2/c1-11(2)23-19-18-12(3)5-4-6-14(18)15(10-22-19)13-7-8-16(20)17(21)9-13/h4-11H,1-3H3,(H,22,23). The van der Waals surface area contributed by atoms with E-state index in [0.717, 1.165) is 33.8 Å². The first kappa shape index (κ1) is 15.4. The SMILES string of the molecule is Cc1cccc2c(-c3ccc(F)c(F)c3)cnc(NC(C)C)c12. The summed E-state index contributed by atoms with van der Waals surface area (Å²) in [5, 5.41) is 5.31. The number of anilines is 1. The molecule has 2 nitrogen and oxygen atoms in total. The van der Waals surface area contributed by atoms with Gasteiger partial charge >= 0.3 is 0 Å². The van der Waals surface area contributed by atoms with Gasteiger partial charge in [0.1, 0.15) is 5.82 Å². The number of rotatable bonds is 3. The van der Waals surface area contributed by atoms with E-state index in [1.165, 1.54) is 6.07 Å². The first-order valence-corrected chi connectivity index (χ1v) is 7.57. The molecule has 0 fully saturated rings. The lowest BCUT2D eigenvalue weighted by Gasteiger charge is -2.16. The second-order valence-electron chi connectivity index (χ2n) is 5.95. The van der Waals surface area contributed by atoms with Gasteiger partial charge in [0, 0.05) is 23.2 Å². The Morgan fingerprint density at radius 3 is 2.52 bits per heavy atom. The van der Waals surface area contributed by atoms with Crippen molar-refractivity contribution in [1.29, 1.82) is 0 Å². The van der Waals surface area contributed by atoms with Crippen molar-refractivity contribution in [3.05, 3.63) is 59.8 Å². The van der Waals surface area contributed by atoms with Crippen LogP contribution in [-0.2, 0) is 0 Å². The zero-order valence-corrected chi connectivity index (χ0v) is 13.3. The lowest BCUT2D eigenvalue weighted by Crippen LogP contribution is -2.11. The molecule has 0 saturated heterocycles. The van der Waals surface area contributed by atoms with E-state index in [1.54, 1.807) is 12.3 Å². The number of hydrogen-bond acceptors (Lipinski definition) is 2. The van der Waals surface area contributed by atoms with Crippen molar-refractivity contribution in [3.63, 3.8) is 0 Å². The largest absolute Gasteiger partial charge is 0.367 e. The van der Waals surface area contributed by atoms with Gasteiger partial charge in [-0.15, -0.1) is 0 Å². The molecular weight excluding hydrogens is 294 g/mol. The Bertz CT molecular complexity index is 873. The zero-order valence-electron chi connectivity index (χ0n) is 13.3. The summed E-state index contributed by atoms with van der Waals surface area (Å²) in [7, 11) is 0. The second-order valence-corrected chi connectivity index (χ2v) is 5.95. The summed E-state index contributed by atoms with van der Waals surface area (Å²) >= 11 is 0. The van der Waals surface area contributed by atoms with E-state index in [9.17, 15) is 8.78 Å². The highest BCUT2D eigenvalue weighted by Crippen LogP contribution is 2.34. The summed E-state index contributed by atoms with van der Waals surface area (Å²) in [6, 6.07) is 10.1. The number of fused-ring (bicyclic) bond motifs is 1. The summed E-state index contributed by atoms with van der Waals surface area (Å²) in [6.45, 7) is 6.12. The molecule has 0 spiro atoms. The zero-order chi connectivity index (χ0) is 16.6. The van der Waals surface area contributed by atoms with Gasteiger partial charge < -0.3 is 5.32 Å². The number of pyridine rings is 1. The first-order chi connectivity index (χ1) is 11.0. The van der Waals surface area contributed by atoms with Crippen LogP contribution in [-0.4, -0.2) is 11.0 Å². The molecule has 1 heterocycles. The molecule has 0 saturated carbocycles. The third-order valence-corrected chi connectivity index (χ3v) is 3.78. The summed E-state index contributed by atoms with van der Waals surface area (Å²) in [6.07, 6.45) is 1.71. The van der Waals surface area contributed by atoms with E-state index in [4.69, 9.17) is 0 Å². The van der Waals surface area contributed by atoms with Crippen molar-refractivity contribution in [2.45, 2.75) is 26.8 Å². The van der Waals surface area contributed by atoms with Crippen LogP contribution < -0.4 is 5.32 Å². The van der Waals surface area contributed by atoms with Gasteiger partial charge in [0.15, 0.2) is 11.6 Å². The minimum absolute atomic E-state index is 0.249. The Hall–Kier alpha value is -2.49. The fraction of sp³-hybridized carbons (Fsp3) is 0.211. The Labute approximate surface area is 134 Å². The number of aromatic nitrogens is 1. The monoisotopic (exact) mass is 312 g/mol. The number of benzene rings is 2. The molecule has 1 aromatic heterocycles. The molecule has 1 N–H and O–H groups in total. The summed E-state index contributed by atoms with van der Waals surface area (Å²) in [5.74, 6) is -0.896. The van der Waals surface area contributed by atoms with Crippen LogP contribution in [0.15, 0.2) is 42.6 Å². The van der Waals surface area contributed by atoms with Crippen molar-refractivity contribution < 1.29 is 8.78 Å². The average molecular weight is 312 g/mol. The van der Waals surface area contributed by atoms with Gasteiger partial charge in [-0.3, -0.25) is 0 Å². The van der Waals surface area contributed by atoms with Gasteiger partial charge in [-0.2, -0.15) is 0 Å². The van der Waals surface area contributed by atoms with Crippen LogP contribution in [0.4, 0.5) is 14.6 Å². The number of nitrogens with one attached hydrogen (secondary N) is 1. The number of aryl methyl sites for hydroxylation is 1. The fourth-order valence-electron chi connectivity index (χ4n) is 2.75. The van der Waals surface area contributed by atoms with Crippen molar-refractivity contribution in [2.75, 3.05) is 5.32 Å². The summed E-state index contributed by atoms with van der Waals surface area (Å²) in [5.41, 5.74) is 2.49. The highest BCUT2D eigenvalue weighted by Gasteiger charge is 2.13. The molecular formula is C19H18F2N2. The summed E-state index contributed by atoms with van der Waals surface area (Å²) < 4.78 is 26.8. The van der Waals surface area contributed by atoms with Crippen LogP contribution >= 0.6 is 0 Å². The molecule has 0 aliphatic carbocycles. The van der Waals surface area contributed by atoms with Crippen molar-refractivity contribution in [1.82, 2.24) is 4.98 Å². The predicted octanol–water partition coefficient (Wildman–Crippen LogP) is 5.31. The normalized spacial score (nSPS) is 11.2. The van der Waals surface area contributed by atoms with E-state index in [1.807, 2.05) is 25.1 Å². The number of halogens is 2. The predicted molar refractivity (Wildman–Crippen MR) is 90.6 cm³/mol. The molecule has 3 aromatic rings. The maximum absolute atomic E-state index is 13.6. The molecule has 4 heteroatoms. The Morgan fingerprint density at radius 2 is 1.83 bits per heavy atom. The molecule has 3 rings (SSSR count). The molecule has 0 aliphatic heterocycles. The summed E-state index contributed by atoms with van der Waals surface area (Å²) in [4.78, 5) is 4.51. The van der Waals surface area contributed by atoms with E-state index in [0.29, 0.717) is 5.56 Å². The molecule has 2 aromatic carbocycles. The van der Waals surface area contributed by atoms with Gasteiger partial charge in [0.05, 0.1) is 0 Å². The smallest absolute Gasteiger partial charge is 0.159 e. The second kappa shape index (κ2) is 5.95. The van der Waals surface area contributed by atoms with E-state index in [-0.39, 0.29) is 6.04 Å². The number of hydrogen-bond donors (Lipinski definition) is 1. The molecule has 0 atom stereocenters. The van der Waals surface area contributed by atoms with Gasteiger partial charge in [0.25, 0.3) is 0 Å². The van der Waals surface area contributed by atoms with Gasteiger partial charge in [-0.1, -0.05) is 24.3 Å². The topological polar surface area (TPSA) is 24.9 Å². The lowest BCUT2D eigenvalue weighted by molar-refractivity contribution is 0.509. The van der Waals surface area contributed by atoms with Crippen molar-refractivity contribution >= 4 is 16.6 Å². The third-order valence-electron chi connectivity index (χ3n) is 3.78. The van der Waals surface area contributed by atoms with Crippen molar-refractivity contribution in [3.8, 4) is 11.1 Å². The van der Waals surface area contributed by atoms with Crippen LogP contribution in [0.3, 0.4) is 0 Å². The molecule has 0 radical (unpaired) electrons. The quantitative estimate of drug-likeness (QED) is 0.709. The number of nitrogens with zero attached hydrogens (tertiary/aromatic N) is 1. The average Bonchev–Trinajstić information content (AvgIpc) is 2.50. The van der Waals surface area contributed by atoms with Crippen LogP contribution in [0.2, 0.25) is 0 Å². The van der Waals surface area contributed by atoms with Crippen LogP contribution in [0.25, 0.3) is 21.9 Å². The lowest BCUT2D eigenvalue weighted by atomic mass is 9.97. The Balaban J connectivity index is 2.27. The maximum Gasteiger partial charge on any atom is 0.159 e. The third kappa shape index (κ3) is 2.89. The minimum Gasteiger partial charge on any atom is -0.367 e. The molecule has 118 valence electrons. The van der Waals surface area contributed by atoms with Gasteiger partial charge in [0.2, 0.25) is 0 Å². The van der Waals surface area contributed by atoms with Crippen LogP contribution in [0.5, 0.6) is 0 Å². The van der Waals surface area contributed by atoms with E-state index >= 15 is 0 Å². The molecule has 0 bridgehead atoms. The molecule has 0 amide bonds. The van der Waals surface area contributed by atoms with E-state index in [2.05, 4.69) is 24.1 Å². The van der Waals surface area contributed by atoms with Gasteiger partial charge in [-0.25, -0.2) is 13.8 Å². The molecule has 23 heavy (non-hydrogen) atoms. The maximum atomic E-state index is 13.6. The fourth-order valence-corrected chi connectivity index (χ4v) is 2.75. The van der Waals surface area contributed by atoms with Crippen LogP contribution in [0.1, 0.15) is 19.4 Å². The Kier molecular flexibility index (Phi) is 3.99. The van der Waals surface area contributed by atoms with Gasteiger partial charge in [-0.05, 0) is 49.4 Å². The first-order valence-electron chi connectivity index (χ1n) is 7.57.